The van der Waals surface area contributed by atoms with Crippen LogP contribution in [0.4, 0.5) is 0 Å². The third-order valence-electron chi connectivity index (χ3n) is 3.55. The van der Waals surface area contributed by atoms with Crippen molar-refractivity contribution < 1.29 is 14.2 Å². The molecule has 1 aliphatic heterocycles. The van der Waals surface area contributed by atoms with Crippen LogP contribution in [0.5, 0.6) is 11.5 Å². The first kappa shape index (κ1) is 14.2. The van der Waals surface area contributed by atoms with Gasteiger partial charge < -0.3 is 19.5 Å². The van der Waals surface area contributed by atoms with Crippen molar-refractivity contribution in [3.63, 3.8) is 0 Å². The number of nitrogens with one attached hydrogen (secondary N) is 1. The summed E-state index contributed by atoms with van der Waals surface area (Å²) in [4.78, 5) is 0. The average molecular weight is 265 g/mol. The normalized spacial score (nSPS) is 25.6. The van der Waals surface area contributed by atoms with Gasteiger partial charge in [0.05, 0.1) is 13.7 Å². The summed E-state index contributed by atoms with van der Waals surface area (Å²) < 4.78 is 17.0. The minimum absolute atomic E-state index is 0.278. The van der Waals surface area contributed by atoms with Gasteiger partial charge in [-0.15, -0.1) is 0 Å². The molecule has 1 aliphatic rings. The van der Waals surface area contributed by atoms with E-state index < -0.39 is 0 Å². The maximum Gasteiger partial charge on any atom is 0.131 e. The zero-order chi connectivity index (χ0) is 13.9. The lowest BCUT2D eigenvalue weighted by Crippen LogP contribution is -2.44. The topological polar surface area (TPSA) is 39.7 Å². The predicted molar refractivity (Wildman–Crippen MR) is 74.9 cm³/mol. The Morgan fingerprint density at radius 2 is 2.26 bits per heavy atom. The van der Waals surface area contributed by atoms with Crippen molar-refractivity contribution in [3.05, 3.63) is 23.8 Å². The van der Waals surface area contributed by atoms with Crippen molar-refractivity contribution in [2.45, 2.75) is 31.9 Å². The molecule has 19 heavy (non-hydrogen) atoms. The minimum Gasteiger partial charge on any atom is -0.497 e. The van der Waals surface area contributed by atoms with Crippen molar-refractivity contribution >= 4 is 0 Å². The van der Waals surface area contributed by atoms with Crippen LogP contribution in [-0.2, 0) is 4.74 Å². The second-order valence-electron chi connectivity index (χ2n) is 5.14. The molecular weight excluding hydrogens is 242 g/mol. The fourth-order valence-electron chi connectivity index (χ4n) is 2.53. The fraction of sp³-hybridized carbons (Fsp3) is 0.600. The lowest BCUT2D eigenvalue weighted by atomic mass is 9.89. The summed E-state index contributed by atoms with van der Waals surface area (Å²) in [6.45, 7) is 5.39. The molecule has 1 heterocycles. The highest BCUT2D eigenvalue weighted by Crippen LogP contribution is 2.41. The molecule has 0 bridgehead atoms. The lowest BCUT2D eigenvalue weighted by molar-refractivity contribution is -0.0327. The third kappa shape index (κ3) is 3.01. The summed E-state index contributed by atoms with van der Waals surface area (Å²) in [7, 11) is 3.64. The first-order chi connectivity index (χ1) is 9.11. The van der Waals surface area contributed by atoms with E-state index in [1.165, 1.54) is 5.56 Å². The Hall–Kier alpha value is -1.26. The molecule has 2 rings (SSSR count). The van der Waals surface area contributed by atoms with Crippen molar-refractivity contribution in [1.29, 1.82) is 0 Å². The molecule has 1 N–H and O–H groups in total. The molecule has 2 unspecified atom stereocenters. The minimum atomic E-state index is -0.303. The Balaban J connectivity index is 2.29. The summed E-state index contributed by atoms with van der Waals surface area (Å²) in [6, 6.07) is 6.26. The quantitative estimate of drug-likeness (QED) is 0.888. The van der Waals surface area contributed by atoms with Crippen LogP contribution >= 0.6 is 0 Å². The van der Waals surface area contributed by atoms with Gasteiger partial charge in [-0.25, -0.2) is 0 Å². The van der Waals surface area contributed by atoms with Crippen LogP contribution < -0.4 is 14.8 Å². The molecule has 0 spiro atoms. The summed E-state index contributed by atoms with van der Waals surface area (Å²) >= 11 is 0. The molecule has 0 saturated heterocycles. The van der Waals surface area contributed by atoms with Gasteiger partial charge >= 0.3 is 0 Å². The van der Waals surface area contributed by atoms with Crippen molar-refractivity contribution in [3.8, 4) is 11.5 Å². The van der Waals surface area contributed by atoms with Crippen LogP contribution in [0.2, 0.25) is 0 Å². The number of hydrogen-bond donors (Lipinski definition) is 1. The molecule has 4 heteroatoms. The van der Waals surface area contributed by atoms with E-state index in [0.717, 1.165) is 17.9 Å². The Kier molecular flexibility index (Phi) is 4.32. The van der Waals surface area contributed by atoms with Crippen molar-refractivity contribution in [1.82, 2.24) is 5.32 Å². The highest BCUT2D eigenvalue weighted by Gasteiger charge is 2.37. The summed E-state index contributed by atoms with van der Waals surface area (Å²) in [6.07, 6.45) is 0.892. The highest BCUT2D eigenvalue weighted by molar-refractivity contribution is 5.44. The zero-order valence-electron chi connectivity index (χ0n) is 12.2. The summed E-state index contributed by atoms with van der Waals surface area (Å²) in [5.74, 6) is 1.70. The molecule has 1 aromatic rings. The zero-order valence-corrected chi connectivity index (χ0v) is 12.2. The third-order valence-corrected chi connectivity index (χ3v) is 3.55. The van der Waals surface area contributed by atoms with E-state index in [4.69, 9.17) is 14.2 Å². The summed E-state index contributed by atoms with van der Waals surface area (Å²) in [5.41, 5.74) is 0.876. The van der Waals surface area contributed by atoms with Crippen molar-refractivity contribution in [2.75, 3.05) is 27.4 Å². The van der Waals surface area contributed by atoms with E-state index in [1.807, 2.05) is 26.1 Å². The molecular formula is C15H23NO3. The molecule has 2 atom stereocenters. The molecule has 0 radical (unpaired) electrons. The van der Waals surface area contributed by atoms with Gasteiger partial charge in [-0.3, -0.25) is 0 Å². The number of rotatable bonds is 5. The van der Waals surface area contributed by atoms with Crippen LogP contribution in [0.15, 0.2) is 18.2 Å². The smallest absolute Gasteiger partial charge is 0.131 e. The molecule has 0 aliphatic carbocycles. The Morgan fingerprint density at radius 3 is 2.89 bits per heavy atom. The van der Waals surface area contributed by atoms with Crippen LogP contribution in [0.1, 0.15) is 31.9 Å². The standard InChI is InChI=1S/C15H23NO3/c1-5-18-10-15(2)9-13(16-3)12-7-6-11(17-4)8-14(12)19-15/h6-8,13,16H,5,9-10H2,1-4H3. The molecule has 1 aromatic carbocycles. The van der Waals surface area contributed by atoms with Crippen LogP contribution in [-0.4, -0.2) is 33.0 Å². The molecule has 0 amide bonds. The maximum atomic E-state index is 6.15. The van der Waals surface area contributed by atoms with E-state index in [2.05, 4.69) is 18.3 Å². The van der Waals surface area contributed by atoms with E-state index in [9.17, 15) is 0 Å². The number of methoxy groups -OCH3 is 1. The summed E-state index contributed by atoms with van der Waals surface area (Å²) in [5, 5.41) is 3.35. The monoisotopic (exact) mass is 265 g/mol. The molecule has 106 valence electrons. The van der Waals surface area contributed by atoms with Gasteiger partial charge in [-0.2, -0.15) is 0 Å². The predicted octanol–water partition coefficient (Wildman–Crippen LogP) is 2.53. The van der Waals surface area contributed by atoms with Crippen molar-refractivity contribution in [2.24, 2.45) is 0 Å². The van der Waals surface area contributed by atoms with Crippen LogP contribution in [0.25, 0.3) is 0 Å². The second kappa shape index (κ2) is 5.80. The Morgan fingerprint density at radius 1 is 1.47 bits per heavy atom. The fourth-order valence-corrected chi connectivity index (χ4v) is 2.53. The van der Waals surface area contributed by atoms with Gasteiger partial charge in [-0.05, 0) is 27.0 Å². The number of hydrogen-bond acceptors (Lipinski definition) is 4. The van der Waals surface area contributed by atoms with Gasteiger partial charge in [0, 0.05) is 30.7 Å². The SMILES string of the molecule is CCOCC1(C)CC(NC)c2ccc(OC)cc2O1. The first-order valence-electron chi connectivity index (χ1n) is 6.74. The molecule has 4 nitrogen and oxygen atoms in total. The van der Waals surface area contributed by atoms with E-state index in [-0.39, 0.29) is 11.6 Å². The maximum absolute atomic E-state index is 6.15. The molecule has 0 saturated carbocycles. The van der Waals surface area contributed by atoms with Gasteiger partial charge in [0.15, 0.2) is 0 Å². The van der Waals surface area contributed by atoms with Gasteiger partial charge in [0.2, 0.25) is 0 Å². The number of fused-ring (bicyclic) bond motifs is 1. The van der Waals surface area contributed by atoms with E-state index >= 15 is 0 Å². The Labute approximate surface area is 115 Å². The second-order valence-corrected chi connectivity index (χ2v) is 5.14. The van der Waals surface area contributed by atoms with E-state index in [0.29, 0.717) is 13.2 Å². The Bertz CT molecular complexity index is 435. The largest absolute Gasteiger partial charge is 0.497 e. The van der Waals surface area contributed by atoms with Crippen LogP contribution in [0, 0.1) is 0 Å². The lowest BCUT2D eigenvalue weighted by Gasteiger charge is -2.39. The number of ether oxygens (including phenoxy) is 3. The molecule has 0 aromatic heterocycles. The van der Waals surface area contributed by atoms with Crippen LogP contribution in [0.3, 0.4) is 0 Å². The van der Waals surface area contributed by atoms with E-state index in [1.54, 1.807) is 7.11 Å². The van der Waals surface area contributed by atoms with Gasteiger partial charge in [0.1, 0.15) is 17.1 Å². The number of benzene rings is 1. The first-order valence-corrected chi connectivity index (χ1v) is 6.74. The highest BCUT2D eigenvalue weighted by atomic mass is 16.5. The molecule has 0 fully saturated rings. The van der Waals surface area contributed by atoms with Gasteiger partial charge in [-0.1, -0.05) is 6.07 Å². The average Bonchev–Trinajstić information content (AvgIpc) is 2.43. The van der Waals surface area contributed by atoms with Gasteiger partial charge in [0.25, 0.3) is 0 Å².